The second-order valence-corrected chi connectivity index (χ2v) is 4.62. The van der Waals surface area contributed by atoms with Gasteiger partial charge in [0.05, 0.1) is 13.2 Å². The Kier molecular flexibility index (Phi) is 5.14. The van der Waals surface area contributed by atoms with Gasteiger partial charge in [-0.1, -0.05) is 0 Å². The molecule has 0 atom stereocenters. The molecule has 110 valence electrons. The number of ether oxygens (including phenoxy) is 1. The van der Waals surface area contributed by atoms with Crippen molar-refractivity contribution in [1.82, 2.24) is 14.8 Å². The van der Waals surface area contributed by atoms with E-state index in [1.807, 2.05) is 0 Å². The van der Waals surface area contributed by atoms with Gasteiger partial charge in [0.2, 0.25) is 0 Å². The number of carbonyl (C=O) groups is 2. The van der Waals surface area contributed by atoms with Crippen LogP contribution < -0.4 is 5.32 Å². The van der Waals surface area contributed by atoms with E-state index in [0.29, 0.717) is 12.2 Å². The van der Waals surface area contributed by atoms with E-state index in [4.69, 9.17) is 9.84 Å². The molecular formula is C13H19N3O4. The molecule has 0 saturated carbocycles. The molecule has 2 heterocycles. The molecule has 7 nitrogen and oxygen atoms in total. The molecule has 0 aliphatic carbocycles. The lowest BCUT2D eigenvalue weighted by atomic mass is 10.3. The van der Waals surface area contributed by atoms with Gasteiger partial charge in [0.25, 0.3) is 5.91 Å². The van der Waals surface area contributed by atoms with Gasteiger partial charge in [0, 0.05) is 32.4 Å². The van der Waals surface area contributed by atoms with Gasteiger partial charge in [-0.2, -0.15) is 0 Å². The minimum atomic E-state index is -0.969. The van der Waals surface area contributed by atoms with Crippen LogP contribution >= 0.6 is 0 Å². The molecule has 0 bridgehead atoms. The van der Waals surface area contributed by atoms with Gasteiger partial charge < -0.3 is 19.7 Å². The fourth-order valence-electron chi connectivity index (χ4n) is 2.15. The molecule has 1 aromatic rings. The van der Waals surface area contributed by atoms with E-state index in [1.54, 1.807) is 18.3 Å². The molecule has 0 spiro atoms. The number of aromatic nitrogens is 1. The van der Waals surface area contributed by atoms with E-state index >= 15 is 0 Å². The largest absolute Gasteiger partial charge is 0.480 e. The molecule has 1 saturated heterocycles. The molecular weight excluding hydrogens is 262 g/mol. The van der Waals surface area contributed by atoms with E-state index in [-0.39, 0.29) is 12.5 Å². The zero-order valence-electron chi connectivity index (χ0n) is 11.2. The predicted octanol–water partition coefficient (Wildman–Crippen LogP) is -0.365. The van der Waals surface area contributed by atoms with Crippen molar-refractivity contribution in [3.8, 4) is 0 Å². The van der Waals surface area contributed by atoms with Gasteiger partial charge in [-0.05, 0) is 12.1 Å². The van der Waals surface area contributed by atoms with Crippen LogP contribution in [0.25, 0.3) is 0 Å². The van der Waals surface area contributed by atoms with Crippen molar-refractivity contribution in [2.45, 2.75) is 6.54 Å². The van der Waals surface area contributed by atoms with Gasteiger partial charge >= 0.3 is 5.97 Å². The van der Waals surface area contributed by atoms with Crippen LogP contribution in [0.3, 0.4) is 0 Å². The number of rotatable bonds is 6. The quantitative estimate of drug-likeness (QED) is 0.743. The maximum absolute atomic E-state index is 12.0. The van der Waals surface area contributed by atoms with Crippen LogP contribution in [-0.2, 0) is 16.1 Å². The van der Waals surface area contributed by atoms with Crippen molar-refractivity contribution >= 4 is 11.9 Å². The molecule has 0 aromatic carbocycles. The van der Waals surface area contributed by atoms with Crippen LogP contribution in [0.5, 0.6) is 0 Å². The Balaban J connectivity index is 1.79. The summed E-state index contributed by atoms with van der Waals surface area (Å²) in [4.78, 5) is 24.9. The molecule has 7 heteroatoms. The summed E-state index contributed by atoms with van der Waals surface area (Å²) in [6.07, 6.45) is 1.59. The highest BCUT2D eigenvalue weighted by molar-refractivity contribution is 5.93. The molecule has 1 fully saturated rings. The van der Waals surface area contributed by atoms with Crippen molar-refractivity contribution < 1.29 is 19.4 Å². The molecule has 0 radical (unpaired) electrons. The van der Waals surface area contributed by atoms with Crippen molar-refractivity contribution in [3.63, 3.8) is 0 Å². The minimum Gasteiger partial charge on any atom is -0.480 e. The van der Waals surface area contributed by atoms with Gasteiger partial charge in [-0.15, -0.1) is 0 Å². The lowest BCUT2D eigenvalue weighted by Gasteiger charge is -2.26. The highest BCUT2D eigenvalue weighted by Crippen LogP contribution is 2.02. The van der Waals surface area contributed by atoms with E-state index in [1.165, 1.54) is 4.57 Å². The van der Waals surface area contributed by atoms with Gasteiger partial charge in [-0.3, -0.25) is 14.5 Å². The lowest BCUT2D eigenvalue weighted by molar-refractivity contribution is -0.137. The summed E-state index contributed by atoms with van der Waals surface area (Å²) in [6, 6.07) is 3.28. The van der Waals surface area contributed by atoms with Gasteiger partial charge in [0.15, 0.2) is 0 Å². The first-order chi connectivity index (χ1) is 9.66. The van der Waals surface area contributed by atoms with E-state index in [0.717, 1.165) is 32.8 Å². The summed E-state index contributed by atoms with van der Waals surface area (Å²) in [5, 5.41) is 11.6. The topological polar surface area (TPSA) is 83.8 Å². The number of carbonyl (C=O) groups excluding carboxylic acids is 1. The van der Waals surface area contributed by atoms with Crippen LogP contribution in [0, 0.1) is 0 Å². The first kappa shape index (κ1) is 14.5. The maximum atomic E-state index is 12.0. The van der Waals surface area contributed by atoms with Crippen molar-refractivity contribution in [3.05, 3.63) is 24.0 Å². The highest BCUT2D eigenvalue weighted by atomic mass is 16.5. The minimum absolute atomic E-state index is 0.209. The van der Waals surface area contributed by atoms with Crippen LogP contribution in [-0.4, -0.2) is 65.8 Å². The summed E-state index contributed by atoms with van der Waals surface area (Å²) in [7, 11) is 0. The zero-order valence-corrected chi connectivity index (χ0v) is 11.2. The van der Waals surface area contributed by atoms with Gasteiger partial charge in [0.1, 0.15) is 12.2 Å². The average molecular weight is 281 g/mol. The fourth-order valence-corrected chi connectivity index (χ4v) is 2.15. The average Bonchev–Trinajstić information content (AvgIpc) is 2.87. The number of aliphatic carboxylic acids is 1. The number of carboxylic acids is 1. The third kappa shape index (κ3) is 4.07. The Labute approximate surface area is 117 Å². The molecule has 2 rings (SSSR count). The lowest BCUT2D eigenvalue weighted by Crippen LogP contribution is -2.41. The molecule has 2 N–H and O–H groups in total. The Morgan fingerprint density at radius 2 is 2.10 bits per heavy atom. The third-order valence-electron chi connectivity index (χ3n) is 3.19. The number of nitrogens with zero attached hydrogens (tertiary/aromatic N) is 2. The SMILES string of the molecule is O=C(O)Cn1cccc1C(=O)NCCN1CCOCC1. The standard InChI is InChI=1S/C13H19N3O4/c17-12(18)10-16-4-1-2-11(16)13(19)14-3-5-15-6-8-20-9-7-15/h1-2,4H,3,5-10H2,(H,14,19)(H,17,18). The number of hydrogen-bond donors (Lipinski definition) is 2. The number of morpholine rings is 1. The van der Waals surface area contributed by atoms with Crippen molar-refractivity contribution in [1.29, 1.82) is 0 Å². The highest BCUT2D eigenvalue weighted by Gasteiger charge is 2.14. The first-order valence-electron chi connectivity index (χ1n) is 6.62. The zero-order chi connectivity index (χ0) is 14.4. The molecule has 1 aliphatic heterocycles. The van der Waals surface area contributed by atoms with Crippen molar-refractivity contribution in [2.75, 3.05) is 39.4 Å². The molecule has 1 aliphatic rings. The normalized spacial score (nSPS) is 16.0. The Hall–Kier alpha value is -1.86. The fraction of sp³-hybridized carbons (Fsp3) is 0.538. The summed E-state index contributed by atoms with van der Waals surface area (Å²) < 4.78 is 6.67. The second kappa shape index (κ2) is 7.06. The number of nitrogens with one attached hydrogen (secondary N) is 1. The summed E-state index contributed by atoms with van der Waals surface area (Å²) >= 11 is 0. The van der Waals surface area contributed by atoms with Crippen LogP contribution in [0.1, 0.15) is 10.5 Å². The summed E-state index contributed by atoms with van der Waals surface area (Å²) in [5.74, 6) is -1.21. The first-order valence-corrected chi connectivity index (χ1v) is 6.62. The monoisotopic (exact) mass is 281 g/mol. The van der Waals surface area contributed by atoms with Crippen molar-refractivity contribution in [2.24, 2.45) is 0 Å². The molecule has 20 heavy (non-hydrogen) atoms. The number of carboxylic acid groups (broad SMARTS) is 1. The summed E-state index contributed by atoms with van der Waals surface area (Å²) in [6.45, 7) is 4.33. The Morgan fingerprint density at radius 3 is 2.80 bits per heavy atom. The Bertz CT molecular complexity index is 466. The third-order valence-corrected chi connectivity index (χ3v) is 3.19. The van der Waals surface area contributed by atoms with E-state index in [2.05, 4.69) is 10.2 Å². The smallest absolute Gasteiger partial charge is 0.323 e. The molecule has 1 amide bonds. The van der Waals surface area contributed by atoms with Crippen LogP contribution in [0.2, 0.25) is 0 Å². The van der Waals surface area contributed by atoms with Crippen LogP contribution in [0.4, 0.5) is 0 Å². The van der Waals surface area contributed by atoms with Crippen LogP contribution in [0.15, 0.2) is 18.3 Å². The second-order valence-electron chi connectivity index (χ2n) is 4.62. The predicted molar refractivity (Wildman–Crippen MR) is 71.7 cm³/mol. The summed E-state index contributed by atoms with van der Waals surface area (Å²) in [5.41, 5.74) is 0.370. The molecule has 0 unspecified atom stereocenters. The van der Waals surface area contributed by atoms with Gasteiger partial charge in [-0.25, -0.2) is 0 Å². The number of hydrogen-bond acceptors (Lipinski definition) is 4. The molecule has 1 aromatic heterocycles. The van der Waals surface area contributed by atoms with E-state index < -0.39 is 5.97 Å². The maximum Gasteiger partial charge on any atom is 0.323 e. The van der Waals surface area contributed by atoms with E-state index in [9.17, 15) is 9.59 Å². The Morgan fingerprint density at radius 1 is 1.35 bits per heavy atom. The number of amides is 1.